The smallest absolute Gasteiger partial charge is 0.433 e. The van der Waals surface area contributed by atoms with E-state index in [0.29, 0.717) is 4.47 Å². The number of carbonyl (C=O) groups excluding carboxylic acids is 1. The van der Waals surface area contributed by atoms with Gasteiger partial charge in [0.05, 0.1) is 11.6 Å². The highest BCUT2D eigenvalue weighted by atomic mass is 79.9. The molecule has 0 unspecified atom stereocenters. The maximum absolute atomic E-state index is 11.9. The molecule has 108 valence electrons. The molecule has 0 atom stereocenters. The van der Waals surface area contributed by atoms with Gasteiger partial charge in [0.2, 0.25) is 0 Å². The van der Waals surface area contributed by atoms with Crippen LogP contribution in [-0.2, 0) is 0 Å². The molecular formula is C12H7BrN2O6. The molecule has 2 aromatic rings. The second-order valence-corrected chi connectivity index (χ2v) is 4.80. The maximum Gasteiger partial charge on any atom is 0.433 e. The third-order valence-corrected chi connectivity index (χ3v) is 2.86. The molecule has 0 bridgehead atoms. The Bertz CT molecular complexity index is 739. The maximum atomic E-state index is 11.9. The molecule has 0 aliphatic rings. The zero-order valence-electron chi connectivity index (χ0n) is 10.2. The first-order chi connectivity index (χ1) is 9.86. The molecule has 1 aromatic carbocycles. The van der Waals surface area contributed by atoms with Gasteiger partial charge in [-0.3, -0.25) is 14.9 Å². The number of furan rings is 1. The lowest BCUT2D eigenvalue weighted by atomic mass is 10.2. The number of nitrogens with zero attached hydrogens (tertiary/aromatic N) is 1. The number of carboxylic acid groups (broad SMARTS) is 1. The van der Waals surface area contributed by atoms with Gasteiger partial charge in [0.25, 0.3) is 5.91 Å². The quantitative estimate of drug-likeness (QED) is 0.642. The molecular weight excluding hydrogens is 348 g/mol. The van der Waals surface area contributed by atoms with Crippen LogP contribution in [-0.4, -0.2) is 21.9 Å². The van der Waals surface area contributed by atoms with Gasteiger partial charge in [-0.05, 0) is 24.3 Å². The summed E-state index contributed by atoms with van der Waals surface area (Å²) < 4.78 is 5.21. The fraction of sp³-hybridized carbons (Fsp3) is 0. The van der Waals surface area contributed by atoms with E-state index >= 15 is 0 Å². The van der Waals surface area contributed by atoms with Crippen LogP contribution in [0.15, 0.2) is 39.2 Å². The van der Waals surface area contributed by atoms with Crippen molar-refractivity contribution in [3.63, 3.8) is 0 Å². The summed E-state index contributed by atoms with van der Waals surface area (Å²) in [5, 5.41) is 21.8. The van der Waals surface area contributed by atoms with Gasteiger partial charge in [0, 0.05) is 10.2 Å². The summed E-state index contributed by atoms with van der Waals surface area (Å²) in [6, 6.07) is 6.32. The van der Waals surface area contributed by atoms with Crippen LogP contribution in [0.3, 0.4) is 0 Å². The third-order valence-electron chi connectivity index (χ3n) is 2.40. The number of hydrogen-bond acceptors (Lipinski definition) is 5. The molecule has 2 N–H and O–H groups in total. The summed E-state index contributed by atoms with van der Waals surface area (Å²) in [5.41, 5.74) is 0.191. The zero-order chi connectivity index (χ0) is 15.6. The Morgan fingerprint density at radius 2 is 2.00 bits per heavy atom. The highest BCUT2D eigenvalue weighted by molar-refractivity contribution is 9.10. The van der Waals surface area contributed by atoms with Crippen LogP contribution in [0.4, 0.5) is 11.6 Å². The van der Waals surface area contributed by atoms with E-state index in [0.717, 1.165) is 12.1 Å². The predicted molar refractivity (Wildman–Crippen MR) is 74.4 cm³/mol. The summed E-state index contributed by atoms with van der Waals surface area (Å²) in [6.45, 7) is 0. The largest absolute Gasteiger partial charge is 0.478 e. The highest BCUT2D eigenvalue weighted by Crippen LogP contribution is 2.21. The lowest BCUT2D eigenvalue weighted by Gasteiger charge is -2.05. The van der Waals surface area contributed by atoms with Crippen molar-refractivity contribution in [3.05, 3.63) is 56.2 Å². The first-order valence-corrected chi connectivity index (χ1v) is 6.25. The first kappa shape index (κ1) is 14.7. The monoisotopic (exact) mass is 354 g/mol. The normalized spacial score (nSPS) is 10.1. The molecule has 21 heavy (non-hydrogen) atoms. The molecule has 1 heterocycles. The molecule has 0 spiro atoms. The number of carbonyl (C=O) groups is 2. The zero-order valence-corrected chi connectivity index (χ0v) is 11.8. The van der Waals surface area contributed by atoms with E-state index in [1.165, 1.54) is 18.2 Å². The van der Waals surface area contributed by atoms with Gasteiger partial charge in [0.15, 0.2) is 5.76 Å². The second kappa shape index (κ2) is 5.75. The van der Waals surface area contributed by atoms with Gasteiger partial charge in [-0.15, -0.1) is 0 Å². The Morgan fingerprint density at radius 3 is 2.57 bits per heavy atom. The minimum absolute atomic E-state index is 0.0231. The van der Waals surface area contributed by atoms with E-state index < -0.39 is 22.7 Å². The number of nitrogens with one attached hydrogen (secondary N) is 1. The van der Waals surface area contributed by atoms with Crippen LogP contribution in [0.5, 0.6) is 0 Å². The number of nitro groups is 1. The Labute approximate surface area is 125 Å². The molecule has 0 aliphatic heterocycles. The van der Waals surface area contributed by atoms with Gasteiger partial charge in [-0.2, -0.15) is 0 Å². The number of rotatable bonds is 4. The summed E-state index contributed by atoms with van der Waals surface area (Å²) in [7, 11) is 0. The van der Waals surface area contributed by atoms with Crippen molar-refractivity contribution in [1.82, 2.24) is 0 Å². The van der Waals surface area contributed by atoms with Crippen LogP contribution in [0.2, 0.25) is 0 Å². The summed E-state index contributed by atoms with van der Waals surface area (Å²) in [6.07, 6.45) is 0. The van der Waals surface area contributed by atoms with Crippen molar-refractivity contribution >= 4 is 39.4 Å². The molecule has 0 saturated heterocycles. The lowest BCUT2D eigenvalue weighted by molar-refractivity contribution is -0.402. The number of amides is 1. The van der Waals surface area contributed by atoms with Crippen LogP contribution in [0, 0.1) is 10.1 Å². The fourth-order valence-electron chi connectivity index (χ4n) is 1.53. The summed E-state index contributed by atoms with van der Waals surface area (Å²) >= 11 is 3.12. The SMILES string of the molecule is O=C(O)c1cc(Br)cc(NC(=O)c2ccc([N+](=O)[O-])o2)c1. The van der Waals surface area contributed by atoms with E-state index in [1.807, 2.05) is 0 Å². The van der Waals surface area contributed by atoms with Gasteiger partial charge in [-0.1, -0.05) is 15.9 Å². The molecule has 9 heteroatoms. The second-order valence-electron chi connectivity index (χ2n) is 3.88. The van der Waals surface area contributed by atoms with Crippen LogP contribution >= 0.6 is 15.9 Å². The molecule has 0 saturated carbocycles. The molecule has 0 radical (unpaired) electrons. The minimum atomic E-state index is -1.15. The standard InChI is InChI=1S/C12H7BrN2O6/c13-7-3-6(12(17)18)4-8(5-7)14-11(16)9-1-2-10(21-9)15(19)20/h1-5H,(H,14,16)(H,17,18). The van der Waals surface area contributed by atoms with Gasteiger partial charge in [0.1, 0.15) is 4.92 Å². The van der Waals surface area contributed by atoms with E-state index in [1.54, 1.807) is 0 Å². The Morgan fingerprint density at radius 1 is 1.29 bits per heavy atom. The van der Waals surface area contributed by atoms with Gasteiger partial charge >= 0.3 is 11.9 Å². The molecule has 1 amide bonds. The Hall–Kier alpha value is -2.68. The Balaban J connectivity index is 2.22. The number of hydrogen-bond donors (Lipinski definition) is 2. The molecule has 8 nitrogen and oxygen atoms in total. The van der Waals surface area contributed by atoms with Crippen molar-refractivity contribution < 1.29 is 24.0 Å². The van der Waals surface area contributed by atoms with Crippen molar-refractivity contribution in [2.75, 3.05) is 5.32 Å². The van der Waals surface area contributed by atoms with Crippen LogP contribution in [0.25, 0.3) is 0 Å². The van der Waals surface area contributed by atoms with Gasteiger partial charge < -0.3 is 14.8 Å². The average Bonchev–Trinajstić information content (AvgIpc) is 2.87. The van der Waals surface area contributed by atoms with Crippen molar-refractivity contribution in [3.8, 4) is 0 Å². The van der Waals surface area contributed by atoms with Crippen molar-refractivity contribution in [2.24, 2.45) is 0 Å². The predicted octanol–water partition coefficient (Wildman–Crippen LogP) is 2.90. The van der Waals surface area contributed by atoms with E-state index in [2.05, 4.69) is 21.2 Å². The van der Waals surface area contributed by atoms with E-state index in [-0.39, 0.29) is 17.0 Å². The van der Waals surface area contributed by atoms with E-state index in [9.17, 15) is 19.7 Å². The van der Waals surface area contributed by atoms with Crippen LogP contribution in [0.1, 0.15) is 20.9 Å². The van der Waals surface area contributed by atoms with Crippen molar-refractivity contribution in [2.45, 2.75) is 0 Å². The lowest BCUT2D eigenvalue weighted by Crippen LogP contribution is -2.11. The van der Waals surface area contributed by atoms with E-state index in [4.69, 9.17) is 9.52 Å². The molecule has 1 aromatic heterocycles. The fourth-order valence-corrected chi connectivity index (χ4v) is 2.02. The topological polar surface area (TPSA) is 123 Å². The Kier molecular flexibility index (Phi) is 4.03. The molecule has 0 fully saturated rings. The minimum Gasteiger partial charge on any atom is -0.478 e. The molecule has 0 aliphatic carbocycles. The number of anilines is 1. The number of halogens is 1. The van der Waals surface area contributed by atoms with Gasteiger partial charge in [-0.25, -0.2) is 4.79 Å². The summed E-state index contributed by atoms with van der Waals surface area (Å²) in [5.74, 6) is -2.68. The highest BCUT2D eigenvalue weighted by Gasteiger charge is 2.18. The number of carboxylic acids is 1. The number of benzene rings is 1. The molecule has 2 rings (SSSR count). The van der Waals surface area contributed by atoms with Crippen molar-refractivity contribution in [1.29, 1.82) is 0 Å². The van der Waals surface area contributed by atoms with Crippen LogP contribution < -0.4 is 5.32 Å². The average molecular weight is 355 g/mol. The number of aromatic carboxylic acids is 1. The first-order valence-electron chi connectivity index (χ1n) is 5.46. The summed E-state index contributed by atoms with van der Waals surface area (Å²) in [4.78, 5) is 32.5. The third kappa shape index (κ3) is 3.45.